The zero-order chi connectivity index (χ0) is 93.5. The van der Waals surface area contributed by atoms with Crippen molar-refractivity contribution in [3.8, 4) is 0 Å². The monoisotopic (exact) mass is 1730 g/mol. The normalized spacial score (nSPS) is 26.7. The fraction of sp³-hybridized carbons (Fsp3) is 0.621. The first-order valence-corrected chi connectivity index (χ1v) is 44.5. The topological polar surface area (TPSA) is 282 Å². The number of methoxy groups -OCH3 is 8. The summed E-state index contributed by atoms with van der Waals surface area (Å²) in [7, 11) is 11.5. The highest BCUT2D eigenvalue weighted by molar-refractivity contribution is 5.99. The zero-order valence-corrected chi connectivity index (χ0v) is 80.5. The van der Waals surface area contributed by atoms with Gasteiger partial charge in [0.1, 0.15) is 30.5 Å². The van der Waals surface area contributed by atoms with Gasteiger partial charge in [-0.1, -0.05) is 160 Å². The standard InChI is InChI=1S/C27H40O6.C26H40O5.2C25H38O5/c1-16(10-9-11-17(2)14-22-15-18(3)20(5)32-22)12-13-23-19(4)24(29)26(30-7)27(31-8)25(23)33-21(6)28;1-16(9-8-10-17(2)15-21-13-12-18(3)20(5)31-21)11-14-22-19(4)23(27)25(29-6)26(30-7)24(22)28;2*1-16(12-9-13-18(3)20(5)26)10-8-11-17(2)14-15-21-19(4)22(27)24(29-6)25(30-7)23(21)28/h11-12,18-19,22-23,25H,5,9-10,13-15H2,1-4,6-8H3;10-11,18-19,21-22,24,28H,5,8-9,12-15H2,1-4,6-7H3;2*10,13-14,19,21,23,28H,8-9,11-12,15H2,1-7H3/b16-12+,17-11+;16-11+,17-10+;2*16-10+,17-14+,18-13+/t18?,19-,22?,23-,25-;;;/m1.../s1. The first kappa shape index (κ1) is 109. The Hall–Kier alpha value is -8.79. The molecule has 0 spiro atoms. The molecular formula is C103H156O21. The number of ether oxygens (including phenoxy) is 11. The summed E-state index contributed by atoms with van der Waals surface area (Å²) in [6, 6.07) is 0. The van der Waals surface area contributed by atoms with Crippen LogP contribution in [0, 0.1) is 59.2 Å². The van der Waals surface area contributed by atoms with Crippen molar-refractivity contribution in [3.05, 3.63) is 187 Å². The van der Waals surface area contributed by atoms with Gasteiger partial charge in [0.15, 0.2) is 40.7 Å². The molecule has 0 saturated carbocycles. The maximum atomic E-state index is 12.8. The van der Waals surface area contributed by atoms with Crippen LogP contribution in [0.25, 0.3) is 0 Å². The number of carbonyl (C=O) groups is 7. The molecule has 21 heteroatoms. The average molecular weight is 1730 g/mol. The molecule has 6 rings (SSSR count). The summed E-state index contributed by atoms with van der Waals surface area (Å²) in [5, 5.41) is 32.0. The summed E-state index contributed by atoms with van der Waals surface area (Å²) in [6.07, 6.45) is 37.7. The second kappa shape index (κ2) is 55.6. The van der Waals surface area contributed by atoms with Crippen LogP contribution in [0.15, 0.2) is 187 Å². The molecular weight excluding hydrogens is 1570 g/mol. The minimum atomic E-state index is -0.852. The van der Waals surface area contributed by atoms with Crippen molar-refractivity contribution in [2.24, 2.45) is 59.2 Å². The summed E-state index contributed by atoms with van der Waals surface area (Å²) in [4.78, 5) is 84.6. The van der Waals surface area contributed by atoms with E-state index in [0.29, 0.717) is 37.5 Å². The van der Waals surface area contributed by atoms with Gasteiger partial charge in [-0.3, -0.25) is 33.6 Å². The molecule has 4 aliphatic carbocycles. The van der Waals surface area contributed by atoms with E-state index in [4.69, 9.17) is 52.1 Å². The van der Waals surface area contributed by atoms with Crippen LogP contribution < -0.4 is 0 Å². The zero-order valence-electron chi connectivity index (χ0n) is 80.5. The number of hydrogen-bond donors (Lipinski definition) is 3. The Morgan fingerprint density at radius 1 is 0.347 bits per heavy atom. The molecule has 2 heterocycles. The van der Waals surface area contributed by atoms with E-state index in [2.05, 4.69) is 131 Å². The average Bonchev–Trinajstić information content (AvgIpc) is 0.830. The molecule has 6 aliphatic rings. The maximum Gasteiger partial charge on any atom is 0.303 e. The van der Waals surface area contributed by atoms with Gasteiger partial charge in [0, 0.05) is 78.9 Å². The molecule has 2 fully saturated rings. The molecule has 0 amide bonds. The van der Waals surface area contributed by atoms with Crippen LogP contribution >= 0.6 is 0 Å². The summed E-state index contributed by atoms with van der Waals surface area (Å²) in [6.45, 7) is 44.9. The minimum absolute atomic E-state index is 0.110. The molecule has 0 bridgehead atoms. The largest absolute Gasteiger partial charge is 0.495 e. The number of aliphatic hydroxyl groups excluding tert-OH is 3. The smallest absolute Gasteiger partial charge is 0.303 e. The van der Waals surface area contributed by atoms with Crippen molar-refractivity contribution < 1.29 is 101 Å². The maximum absolute atomic E-state index is 12.8. The van der Waals surface area contributed by atoms with Crippen LogP contribution in [0.4, 0.5) is 0 Å². The Bertz CT molecular complexity index is 3960. The van der Waals surface area contributed by atoms with Crippen molar-refractivity contribution >= 4 is 40.7 Å². The lowest BCUT2D eigenvalue weighted by atomic mass is 9.77. The first-order valence-electron chi connectivity index (χ1n) is 44.5. The van der Waals surface area contributed by atoms with E-state index in [1.165, 1.54) is 108 Å². The van der Waals surface area contributed by atoms with Crippen molar-refractivity contribution in [2.45, 2.75) is 303 Å². The molecule has 2 saturated heterocycles. The number of ketones is 6. The van der Waals surface area contributed by atoms with Gasteiger partial charge >= 0.3 is 5.97 Å². The van der Waals surface area contributed by atoms with Crippen LogP contribution in [-0.4, -0.2) is 149 Å². The number of allylic oxidation sites excluding steroid dienone is 24. The Labute approximate surface area is 744 Å². The van der Waals surface area contributed by atoms with Crippen LogP contribution in [0.5, 0.6) is 0 Å². The number of rotatable bonds is 41. The SMILES string of the molecule is C=C1OC(C/C(C)=C/CC/C(C)=C/CC2C(C)C(=O)C(OC)=C(OC)C2O)CCC1C.C=C1OC(C/C(C)=C/CC/C(C)=C/C[C@@H]2[C@@H](C)C(=O)C(OC)=C(OC)[C@@H]2OC(C)=O)CC1C.COC1=C(OC)C(O)C(C/C=C(\C)CC/C=C(\C)CC/C=C(\C)C(C)=O)C(C)C1=O.COC1=C(OC)C(O)C(C/C=C(\C)CC/C=C(\C)CC/C=C(\C)C(C)=O)C(C)C1=O. The Morgan fingerprint density at radius 2 is 0.613 bits per heavy atom. The quantitative estimate of drug-likeness (QED) is 0.0291. The van der Waals surface area contributed by atoms with Crippen molar-refractivity contribution in [3.63, 3.8) is 0 Å². The highest BCUT2D eigenvalue weighted by Gasteiger charge is 2.47. The number of hydrogen-bond acceptors (Lipinski definition) is 21. The lowest BCUT2D eigenvalue weighted by Crippen LogP contribution is -2.42. The molecule has 21 nitrogen and oxygen atoms in total. The molecule has 0 radical (unpaired) electrons. The van der Waals surface area contributed by atoms with E-state index in [9.17, 15) is 48.9 Å². The van der Waals surface area contributed by atoms with Crippen molar-refractivity contribution in [1.29, 1.82) is 0 Å². The van der Waals surface area contributed by atoms with E-state index in [1.54, 1.807) is 13.8 Å². The highest BCUT2D eigenvalue weighted by atomic mass is 16.6. The molecule has 694 valence electrons. The number of carbonyl (C=O) groups excluding carboxylic acids is 7. The highest BCUT2D eigenvalue weighted by Crippen LogP contribution is 2.42. The van der Waals surface area contributed by atoms with Gasteiger partial charge in [0.2, 0.25) is 46.2 Å². The lowest BCUT2D eigenvalue weighted by molar-refractivity contribution is -0.153. The molecule has 16 atom stereocenters. The molecule has 0 aromatic carbocycles. The third-order valence-electron chi connectivity index (χ3n) is 25.2. The van der Waals surface area contributed by atoms with E-state index in [-0.39, 0.29) is 140 Å². The molecule has 2 aliphatic heterocycles. The number of esters is 1. The second-order valence-corrected chi connectivity index (χ2v) is 34.9. The van der Waals surface area contributed by atoms with Gasteiger partial charge in [0.05, 0.1) is 68.4 Å². The fourth-order valence-corrected chi connectivity index (χ4v) is 16.3. The van der Waals surface area contributed by atoms with Crippen LogP contribution in [-0.2, 0) is 85.7 Å². The second-order valence-electron chi connectivity index (χ2n) is 34.9. The third-order valence-corrected chi connectivity index (χ3v) is 25.2. The Kier molecular flexibility index (Phi) is 49.1. The molecule has 0 aromatic heterocycles. The number of Topliss-reactive ketones (excluding diaryl/α,β-unsaturated/α-hetero) is 6. The van der Waals surface area contributed by atoms with Gasteiger partial charge in [-0.15, -0.1) is 0 Å². The third kappa shape index (κ3) is 34.2. The summed E-state index contributed by atoms with van der Waals surface area (Å²) < 4.78 is 59.3. The van der Waals surface area contributed by atoms with Crippen molar-refractivity contribution in [1.82, 2.24) is 0 Å². The fourth-order valence-electron chi connectivity index (χ4n) is 16.3. The van der Waals surface area contributed by atoms with E-state index >= 15 is 0 Å². The number of aliphatic hydroxyl groups is 3. The summed E-state index contributed by atoms with van der Waals surface area (Å²) >= 11 is 0. The van der Waals surface area contributed by atoms with Crippen LogP contribution in [0.2, 0.25) is 0 Å². The van der Waals surface area contributed by atoms with Gasteiger partial charge < -0.3 is 67.4 Å². The molecule has 124 heavy (non-hydrogen) atoms. The first-order chi connectivity index (χ1) is 58.5. The summed E-state index contributed by atoms with van der Waals surface area (Å²) in [5.41, 5.74) is 11.9. The molecule has 3 N–H and O–H groups in total. The predicted octanol–water partition coefficient (Wildman–Crippen LogP) is 21.2. The van der Waals surface area contributed by atoms with E-state index < -0.39 is 30.4 Å². The van der Waals surface area contributed by atoms with Crippen LogP contribution in [0.3, 0.4) is 0 Å². The van der Waals surface area contributed by atoms with E-state index in [1.807, 2.05) is 53.7 Å². The van der Waals surface area contributed by atoms with Crippen LogP contribution in [0.1, 0.15) is 266 Å². The summed E-state index contributed by atoms with van der Waals surface area (Å²) in [5.74, 6) is 1.39. The van der Waals surface area contributed by atoms with E-state index in [0.717, 1.165) is 132 Å². The van der Waals surface area contributed by atoms with Crippen molar-refractivity contribution in [2.75, 3.05) is 56.9 Å². The lowest BCUT2D eigenvalue weighted by Gasteiger charge is -2.35. The Balaban J connectivity index is 0.000000427. The predicted molar refractivity (Wildman–Crippen MR) is 491 cm³/mol. The molecule has 0 aromatic rings. The van der Waals surface area contributed by atoms with Gasteiger partial charge in [-0.25, -0.2) is 0 Å². The van der Waals surface area contributed by atoms with Gasteiger partial charge in [0.25, 0.3) is 0 Å². The van der Waals surface area contributed by atoms with Gasteiger partial charge in [-0.05, 0) is 216 Å². The minimum Gasteiger partial charge on any atom is -0.495 e. The Morgan fingerprint density at radius 3 is 0.895 bits per heavy atom. The molecule has 13 unspecified atom stereocenters. The van der Waals surface area contributed by atoms with Gasteiger partial charge in [-0.2, -0.15) is 0 Å².